The Bertz CT molecular complexity index is 879. The maximum Gasteiger partial charge on any atom is 0.407 e. The van der Waals surface area contributed by atoms with Crippen LogP contribution in [0.5, 0.6) is 0 Å². The molecule has 0 bridgehead atoms. The number of alkyl carbamates (subject to hydrolysis) is 1. The Morgan fingerprint density at radius 2 is 1.09 bits per heavy atom. The number of aliphatic hydroxyl groups excluding tert-OH is 1. The van der Waals surface area contributed by atoms with Gasteiger partial charge >= 0.3 is 18.0 Å². The van der Waals surface area contributed by atoms with Crippen LogP contribution in [0, 0.1) is 0 Å². The second-order valence-corrected chi connectivity index (χ2v) is 12.9. The third-order valence-corrected chi connectivity index (χ3v) is 8.46. The summed E-state index contributed by atoms with van der Waals surface area (Å²) < 4.78 is 15.8. The molecule has 0 heterocycles. The molecule has 1 amide bonds. The first-order chi connectivity index (χ1) is 23.0. The maximum absolute atomic E-state index is 12.1. The van der Waals surface area contributed by atoms with Crippen LogP contribution in [0.2, 0.25) is 0 Å². The molecule has 47 heavy (non-hydrogen) atoms. The summed E-state index contributed by atoms with van der Waals surface area (Å²) in [5.41, 5.74) is 0.975. The van der Waals surface area contributed by atoms with E-state index in [1.165, 1.54) is 77.0 Å². The van der Waals surface area contributed by atoms with Crippen LogP contribution in [0.25, 0.3) is 0 Å². The van der Waals surface area contributed by atoms with Gasteiger partial charge < -0.3 is 24.6 Å². The fourth-order valence-corrected chi connectivity index (χ4v) is 5.51. The van der Waals surface area contributed by atoms with Crippen LogP contribution in [0.4, 0.5) is 4.79 Å². The summed E-state index contributed by atoms with van der Waals surface area (Å²) in [6, 6.07) is 9.64. The number of unbranched alkanes of at least 4 members (excludes halogenated alkanes) is 20. The fourth-order valence-electron chi connectivity index (χ4n) is 5.51. The van der Waals surface area contributed by atoms with Gasteiger partial charge in [-0.05, 0) is 24.8 Å². The summed E-state index contributed by atoms with van der Waals surface area (Å²) in [7, 11) is 0. The number of benzene rings is 1. The number of ether oxygens (including phenoxy) is 3. The molecule has 0 saturated heterocycles. The first kappa shape index (κ1) is 42.4. The van der Waals surface area contributed by atoms with E-state index in [2.05, 4.69) is 12.2 Å². The van der Waals surface area contributed by atoms with Gasteiger partial charge in [-0.1, -0.05) is 159 Å². The summed E-state index contributed by atoms with van der Waals surface area (Å²) in [4.78, 5) is 36.0. The summed E-state index contributed by atoms with van der Waals surface area (Å²) >= 11 is 0. The van der Waals surface area contributed by atoms with Crippen molar-refractivity contribution in [3.63, 3.8) is 0 Å². The SMILES string of the molecule is CCCCCCCCCCCCCCCC(=O)OC(CO)COC(=O)CCCCCCCCCCCNC(=O)OCc1ccccc1. The molecule has 0 saturated carbocycles. The number of amides is 1. The standard InChI is InChI=1S/C39H67NO7/c1-2-3-4-5-6-7-8-9-10-12-16-19-25-30-38(43)47-36(32-41)34-45-37(42)29-24-18-15-13-11-14-17-20-26-31-40-39(44)46-33-35-27-22-21-23-28-35/h21-23,27-28,36,41H,2-20,24-26,29-34H2,1H3,(H,40,44). The molecule has 1 atom stereocenters. The van der Waals surface area contributed by atoms with E-state index >= 15 is 0 Å². The summed E-state index contributed by atoms with van der Waals surface area (Å²) in [5.74, 6) is -0.646. The Balaban J connectivity index is 1.87. The Morgan fingerprint density at radius 1 is 0.617 bits per heavy atom. The molecule has 0 spiro atoms. The molecule has 1 unspecified atom stereocenters. The van der Waals surface area contributed by atoms with Gasteiger partial charge in [0.25, 0.3) is 0 Å². The Hall–Kier alpha value is -2.61. The summed E-state index contributed by atoms with van der Waals surface area (Å²) in [6.07, 6.45) is 25.2. The molecule has 270 valence electrons. The molecule has 8 nitrogen and oxygen atoms in total. The average molecular weight is 662 g/mol. The van der Waals surface area contributed by atoms with Crippen LogP contribution in [0.15, 0.2) is 30.3 Å². The number of carbonyl (C=O) groups is 3. The molecular weight excluding hydrogens is 594 g/mol. The number of hydrogen-bond donors (Lipinski definition) is 2. The quantitative estimate of drug-likeness (QED) is 0.0449. The smallest absolute Gasteiger partial charge is 0.407 e. The van der Waals surface area contributed by atoms with Crippen molar-refractivity contribution in [2.45, 2.75) is 174 Å². The lowest BCUT2D eigenvalue weighted by molar-refractivity contribution is -0.161. The zero-order valence-electron chi connectivity index (χ0n) is 29.7. The number of aliphatic hydroxyl groups is 1. The predicted molar refractivity (Wildman–Crippen MR) is 189 cm³/mol. The predicted octanol–water partition coefficient (Wildman–Crippen LogP) is 9.74. The van der Waals surface area contributed by atoms with Crippen LogP contribution in [-0.2, 0) is 30.4 Å². The highest BCUT2D eigenvalue weighted by molar-refractivity contribution is 5.70. The first-order valence-electron chi connectivity index (χ1n) is 19.0. The molecule has 0 fully saturated rings. The Morgan fingerprint density at radius 3 is 1.60 bits per heavy atom. The van der Waals surface area contributed by atoms with E-state index in [1.54, 1.807) is 0 Å². The van der Waals surface area contributed by atoms with Crippen molar-refractivity contribution in [2.24, 2.45) is 0 Å². The van der Waals surface area contributed by atoms with Gasteiger partial charge in [-0.3, -0.25) is 9.59 Å². The largest absolute Gasteiger partial charge is 0.462 e. The maximum atomic E-state index is 12.1. The molecule has 0 aromatic heterocycles. The third-order valence-electron chi connectivity index (χ3n) is 8.46. The summed E-state index contributed by atoms with van der Waals surface area (Å²) in [5, 5.41) is 12.3. The van der Waals surface area contributed by atoms with Crippen molar-refractivity contribution in [3.05, 3.63) is 35.9 Å². The zero-order chi connectivity index (χ0) is 34.0. The average Bonchev–Trinajstić information content (AvgIpc) is 3.08. The topological polar surface area (TPSA) is 111 Å². The lowest BCUT2D eigenvalue weighted by atomic mass is 10.0. The molecule has 8 heteroatoms. The second kappa shape index (κ2) is 32.0. The normalized spacial score (nSPS) is 11.6. The van der Waals surface area contributed by atoms with Crippen molar-refractivity contribution in [3.8, 4) is 0 Å². The third kappa shape index (κ3) is 28.1. The second-order valence-electron chi connectivity index (χ2n) is 12.9. The van der Waals surface area contributed by atoms with Gasteiger partial charge in [0.1, 0.15) is 13.2 Å². The minimum Gasteiger partial charge on any atom is -0.462 e. The highest BCUT2D eigenvalue weighted by Crippen LogP contribution is 2.14. The number of esters is 2. The van der Waals surface area contributed by atoms with Crippen molar-refractivity contribution < 1.29 is 33.7 Å². The van der Waals surface area contributed by atoms with E-state index in [9.17, 15) is 19.5 Å². The molecule has 0 aliphatic rings. The van der Waals surface area contributed by atoms with Gasteiger partial charge in [-0.15, -0.1) is 0 Å². The first-order valence-corrected chi connectivity index (χ1v) is 19.0. The number of nitrogens with one attached hydrogen (secondary N) is 1. The minimum atomic E-state index is -0.794. The van der Waals surface area contributed by atoms with Crippen molar-refractivity contribution in [1.82, 2.24) is 5.32 Å². The molecule has 0 aliphatic heterocycles. The van der Waals surface area contributed by atoms with Crippen molar-refractivity contribution >= 4 is 18.0 Å². The Labute approximate surface area is 286 Å². The van der Waals surface area contributed by atoms with Crippen molar-refractivity contribution in [2.75, 3.05) is 19.8 Å². The van der Waals surface area contributed by atoms with Crippen LogP contribution in [0.1, 0.15) is 167 Å². The fraction of sp³-hybridized carbons (Fsp3) is 0.769. The van der Waals surface area contributed by atoms with Gasteiger partial charge in [-0.25, -0.2) is 4.79 Å². The number of rotatable bonds is 32. The molecule has 0 aliphatic carbocycles. The molecule has 2 N–H and O–H groups in total. The number of carbonyl (C=O) groups excluding carboxylic acids is 3. The van der Waals surface area contributed by atoms with E-state index in [0.29, 0.717) is 19.4 Å². The van der Waals surface area contributed by atoms with Gasteiger partial charge in [0, 0.05) is 19.4 Å². The molecule has 1 rings (SSSR count). The molecule has 0 radical (unpaired) electrons. The van der Waals surface area contributed by atoms with Gasteiger partial charge in [0.15, 0.2) is 6.10 Å². The van der Waals surface area contributed by atoms with E-state index in [0.717, 1.165) is 69.8 Å². The monoisotopic (exact) mass is 661 g/mol. The van der Waals surface area contributed by atoms with Gasteiger partial charge in [-0.2, -0.15) is 0 Å². The molecular formula is C39H67NO7. The number of hydrogen-bond acceptors (Lipinski definition) is 7. The van der Waals surface area contributed by atoms with Crippen LogP contribution >= 0.6 is 0 Å². The van der Waals surface area contributed by atoms with Gasteiger partial charge in [0.05, 0.1) is 6.61 Å². The van der Waals surface area contributed by atoms with E-state index in [4.69, 9.17) is 14.2 Å². The van der Waals surface area contributed by atoms with Crippen molar-refractivity contribution in [1.29, 1.82) is 0 Å². The van der Waals surface area contributed by atoms with Crippen LogP contribution < -0.4 is 5.32 Å². The van der Waals surface area contributed by atoms with Crippen LogP contribution in [-0.4, -0.2) is 49.0 Å². The highest BCUT2D eigenvalue weighted by Gasteiger charge is 2.16. The molecule has 1 aromatic rings. The lowest BCUT2D eigenvalue weighted by Crippen LogP contribution is -2.28. The highest BCUT2D eigenvalue weighted by atomic mass is 16.6. The zero-order valence-corrected chi connectivity index (χ0v) is 29.7. The Kier molecular flexibility index (Phi) is 28.8. The van der Waals surface area contributed by atoms with Crippen LogP contribution in [0.3, 0.4) is 0 Å². The minimum absolute atomic E-state index is 0.0932. The van der Waals surface area contributed by atoms with E-state index in [-0.39, 0.29) is 37.9 Å². The van der Waals surface area contributed by atoms with E-state index < -0.39 is 6.10 Å². The summed E-state index contributed by atoms with van der Waals surface area (Å²) in [6.45, 7) is 2.72. The van der Waals surface area contributed by atoms with E-state index in [1.807, 2.05) is 30.3 Å². The van der Waals surface area contributed by atoms with Gasteiger partial charge in [0.2, 0.25) is 0 Å². The lowest BCUT2D eigenvalue weighted by Gasteiger charge is -2.15. The molecule has 1 aromatic carbocycles.